The van der Waals surface area contributed by atoms with Crippen LogP contribution in [0.2, 0.25) is 0 Å². The summed E-state index contributed by atoms with van der Waals surface area (Å²) in [4.78, 5) is 38.9. The van der Waals surface area contributed by atoms with E-state index in [1.54, 1.807) is 11.6 Å². The lowest BCUT2D eigenvalue weighted by atomic mass is 10.1. The van der Waals surface area contributed by atoms with Crippen LogP contribution in [0.15, 0.2) is 23.0 Å². The van der Waals surface area contributed by atoms with Gasteiger partial charge in [-0.25, -0.2) is 9.80 Å². The minimum Gasteiger partial charge on any atom is -0.296 e. The fourth-order valence-electron chi connectivity index (χ4n) is 4.12. The normalized spacial score (nSPS) is 22.0. The SMILES string of the molecule is CNN1CCN(Cc2ccc3c(c2)n(C)c(=O)n3C2CCC(=O)NC2=O)CC1. The molecule has 1 aromatic heterocycles. The predicted molar refractivity (Wildman–Crippen MR) is 105 cm³/mol. The van der Waals surface area contributed by atoms with Crippen LogP contribution in [-0.4, -0.2) is 64.1 Å². The third kappa shape index (κ3) is 3.36. The van der Waals surface area contributed by atoms with Crippen LogP contribution < -0.4 is 16.4 Å². The summed E-state index contributed by atoms with van der Waals surface area (Å²) in [5.74, 6) is -0.687. The molecule has 150 valence electrons. The Morgan fingerprint density at radius 3 is 2.54 bits per heavy atom. The molecule has 2 amide bonds. The van der Waals surface area contributed by atoms with E-state index in [1.807, 2.05) is 25.2 Å². The first-order valence-electron chi connectivity index (χ1n) is 9.66. The van der Waals surface area contributed by atoms with Crippen molar-refractivity contribution in [2.24, 2.45) is 7.05 Å². The van der Waals surface area contributed by atoms with Gasteiger partial charge >= 0.3 is 5.69 Å². The Labute approximate surface area is 162 Å². The van der Waals surface area contributed by atoms with Crippen molar-refractivity contribution in [3.63, 3.8) is 0 Å². The molecule has 0 bridgehead atoms. The number of piperazine rings is 1. The van der Waals surface area contributed by atoms with E-state index >= 15 is 0 Å². The molecule has 4 rings (SSSR count). The maximum absolute atomic E-state index is 12.8. The second-order valence-electron chi connectivity index (χ2n) is 7.49. The van der Waals surface area contributed by atoms with Gasteiger partial charge in [0.05, 0.1) is 11.0 Å². The second kappa shape index (κ2) is 7.50. The third-order valence-corrected chi connectivity index (χ3v) is 5.77. The van der Waals surface area contributed by atoms with Gasteiger partial charge in [-0.15, -0.1) is 0 Å². The van der Waals surface area contributed by atoms with Crippen LogP contribution in [0, 0.1) is 0 Å². The van der Waals surface area contributed by atoms with Crippen molar-refractivity contribution in [2.45, 2.75) is 25.4 Å². The minimum absolute atomic E-state index is 0.232. The van der Waals surface area contributed by atoms with Gasteiger partial charge in [-0.3, -0.25) is 34.4 Å². The van der Waals surface area contributed by atoms with Crippen molar-refractivity contribution < 1.29 is 9.59 Å². The molecule has 2 aromatic rings. The van der Waals surface area contributed by atoms with Crippen LogP contribution in [0.3, 0.4) is 0 Å². The molecule has 0 radical (unpaired) electrons. The lowest BCUT2D eigenvalue weighted by Crippen LogP contribution is -2.50. The Bertz CT molecular complexity index is 970. The van der Waals surface area contributed by atoms with E-state index in [0.717, 1.165) is 49.3 Å². The Morgan fingerprint density at radius 1 is 1.11 bits per heavy atom. The zero-order valence-electron chi connectivity index (χ0n) is 16.3. The van der Waals surface area contributed by atoms with E-state index in [4.69, 9.17) is 0 Å². The quantitative estimate of drug-likeness (QED) is 0.693. The highest BCUT2D eigenvalue weighted by Crippen LogP contribution is 2.24. The number of aryl methyl sites for hydroxylation is 1. The number of imidazole rings is 1. The van der Waals surface area contributed by atoms with Gasteiger partial charge in [-0.2, -0.15) is 0 Å². The standard InChI is InChI=1S/C19H26N6O3/c1-20-24-9-7-23(8-10-24)12-13-3-4-14-16(11-13)22(2)19(28)25(14)15-5-6-17(26)21-18(15)27/h3-4,11,15,20H,5-10,12H2,1-2H3,(H,21,26,27). The van der Waals surface area contributed by atoms with E-state index in [2.05, 4.69) is 20.7 Å². The Kier molecular flexibility index (Phi) is 5.05. The molecule has 0 saturated carbocycles. The number of piperidine rings is 1. The molecule has 9 heteroatoms. The number of carbonyl (C=O) groups is 2. The lowest BCUT2D eigenvalue weighted by Gasteiger charge is -2.34. The van der Waals surface area contributed by atoms with Crippen LogP contribution in [0.5, 0.6) is 0 Å². The largest absolute Gasteiger partial charge is 0.329 e. The maximum atomic E-state index is 12.8. The molecule has 9 nitrogen and oxygen atoms in total. The number of rotatable bonds is 4. The van der Waals surface area contributed by atoms with Crippen molar-refractivity contribution in [1.82, 2.24) is 29.8 Å². The van der Waals surface area contributed by atoms with Gasteiger partial charge in [0.15, 0.2) is 0 Å². The molecule has 1 atom stereocenters. The second-order valence-corrected chi connectivity index (χ2v) is 7.49. The molecule has 0 spiro atoms. The molecule has 28 heavy (non-hydrogen) atoms. The van der Waals surface area contributed by atoms with Crippen molar-refractivity contribution in [1.29, 1.82) is 0 Å². The molecule has 2 saturated heterocycles. The molecule has 1 aromatic carbocycles. The van der Waals surface area contributed by atoms with Crippen LogP contribution in [0.25, 0.3) is 11.0 Å². The highest BCUT2D eigenvalue weighted by atomic mass is 16.2. The van der Waals surface area contributed by atoms with Crippen LogP contribution in [0.1, 0.15) is 24.4 Å². The predicted octanol–water partition coefficient (Wildman–Crippen LogP) is -0.430. The van der Waals surface area contributed by atoms with E-state index in [9.17, 15) is 14.4 Å². The number of hydrazine groups is 1. The summed E-state index contributed by atoms with van der Waals surface area (Å²) in [5.41, 5.74) is 5.62. The average molecular weight is 386 g/mol. The van der Waals surface area contributed by atoms with Crippen molar-refractivity contribution in [2.75, 3.05) is 33.2 Å². The van der Waals surface area contributed by atoms with Gasteiger partial charge in [-0.1, -0.05) is 6.07 Å². The number of aromatic nitrogens is 2. The van der Waals surface area contributed by atoms with E-state index < -0.39 is 11.9 Å². The first-order valence-corrected chi connectivity index (χ1v) is 9.66. The first kappa shape index (κ1) is 18.9. The average Bonchev–Trinajstić information content (AvgIpc) is 2.93. The third-order valence-electron chi connectivity index (χ3n) is 5.77. The van der Waals surface area contributed by atoms with Gasteiger partial charge in [0.2, 0.25) is 11.8 Å². The Balaban J connectivity index is 1.61. The summed E-state index contributed by atoms with van der Waals surface area (Å²) in [6.07, 6.45) is 0.594. The fourth-order valence-corrected chi connectivity index (χ4v) is 4.12. The van der Waals surface area contributed by atoms with Gasteiger partial charge in [0, 0.05) is 46.2 Å². The number of fused-ring (bicyclic) bond motifs is 1. The highest BCUT2D eigenvalue weighted by molar-refractivity contribution is 6.00. The molecule has 1 unspecified atom stereocenters. The van der Waals surface area contributed by atoms with Gasteiger partial charge < -0.3 is 0 Å². The number of carbonyl (C=O) groups excluding carboxylic acids is 2. The maximum Gasteiger partial charge on any atom is 0.329 e. The van der Waals surface area contributed by atoms with Crippen molar-refractivity contribution >= 4 is 22.8 Å². The minimum atomic E-state index is -0.644. The molecule has 2 N–H and O–H groups in total. The number of amides is 2. The Morgan fingerprint density at radius 2 is 1.86 bits per heavy atom. The number of nitrogens with zero attached hydrogens (tertiary/aromatic N) is 4. The topological polar surface area (TPSA) is 91.6 Å². The van der Waals surface area contributed by atoms with E-state index in [-0.39, 0.29) is 18.0 Å². The van der Waals surface area contributed by atoms with Crippen molar-refractivity contribution in [3.8, 4) is 0 Å². The summed E-state index contributed by atoms with van der Waals surface area (Å²) >= 11 is 0. The van der Waals surface area contributed by atoms with E-state index in [0.29, 0.717) is 6.42 Å². The lowest BCUT2D eigenvalue weighted by molar-refractivity contribution is -0.135. The number of hydrogen-bond donors (Lipinski definition) is 2. The van der Waals surface area contributed by atoms with Crippen LogP contribution >= 0.6 is 0 Å². The van der Waals surface area contributed by atoms with E-state index in [1.165, 1.54) is 4.57 Å². The molecule has 2 fully saturated rings. The summed E-state index contributed by atoms with van der Waals surface area (Å²) in [5, 5.41) is 4.54. The molecule has 3 heterocycles. The molecule has 0 aliphatic carbocycles. The van der Waals surface area contributed by atoms with Crippen LogP contribution in [0.4, 0.5) is 0 Å². The summed E-state index contributed by atoms with van der Waals surface area (Å²) < 4.78 is 3.11. The first-order chi connectivity index (χ1) is 13.5. The summed E-state index contributed by atoms with van der Waals surface area (Å²) in [6, 6.07) is 5.33. The number of nitrogens with one attached hydrogen (secondary N) is 2. The fraction of sp³-hybridized carbons (Fsp3) is 0.526. The zero-order valence-corrected chi connectivity index (χ0v) is 16.3. The molecular formula is C19H26N6O3. The molecule has 2 aliphatic heterocycles. The molecular weight excluding hydrogens is 360 g/mol. The Hall–Kier alpha value is -2.49. The zero-order chi connectivity index (χ0) is 19.8. The summed E-state index contributed by atoms with van der Waals surface area (Å²) in [6.45, 7) is 4.74. The number of imide groups is 1. The summed E-state index contributed by atoms with van der Waals surface area (Å²) in [7, 11) is 3.67. The molecule has 2 aliphatic rings. The van der Waals surface area contributed by atoms with Gasteiger partial charge in [0.1, 0.15) is 6.04 Å². The highest BCUT2D eigenvalue weighted by Gasteiger charge is 2.31. The van der Waals surface area contributed by atoms with Gasteiger partial charge in [0.25, 0.3) is 0 Å². The monoisotopic (exact) mass is 386 g/mol. The smallest absolute Gasteiger partial charge is 0.296 e. The van der Waals surface area contributed by atoms with Crippen LogP contribution in [-0.2, 0) is 23.2 Å². The number of benzene rings is 1. The number of hydrogen-bond acceptors (Lipinski definition) is 6. The van der Waals surface area contributed by atoms with Crippen molar-refractivity contribution in [3.05, 3.63) is 34.2 Å². The van der Waals surface area contributed by atoms with Gasteiger partial charge in [-0.05, 0) is 31.2 Å².